The van der Waals surface area contributed by atoms with E-state index >= 15 is 0 Å². The summed E-state index contributed by atoms with van der Waals surface area (Å²) in [7, 11) is 0. The van der Waals surface area contributed by atoms with E-state index in [4.69, 9.17) is 4.74 Å². The summed E-state index contributed by atoms with van der Waals surface area (Å²) in [5.41, 5.74) is 1.49. The van der Waals surface area contributed by atoms with Gasteiger partial charge >= 0.3 is 0 Å². The van der Waals surface area contributed by atoms with Gasteiger partial charge in [-0.25, -0.2) is 4.98 Å². The molecule has 0 saturated heterocycles. The second-order valence-electron chi connectivity index (χ2n) is 6.61. The molecule has 2 aromatic carbocycles. The summed E-state index contributed by atoms with van der Waals surface area (Å²) in [6.45, 7) is 4.03. The fourth-order valence-electron chi connectivity index (χ4n) is 2.54. The molecule has 0 atom stereocenters. The number of carbonyl (C=O) groups is 1. The van der Waals surface area contributed by atoms with Gasteiger partial charge in [0.2, 0.25) is 5.91 Å². The Balaban J connectivity index is 1.68. The lowest BCUT2D eigenvalue weighted by atomic mass is 10.1. The van der Waals surface area contributed by atoms with Gasteiger partial charge in [-0.2, -0.15) is 0 Å². The minimum Gasteiger partial charge on any atom is -0.455 e. The monoisotopic (exact) mass is 361 g/mol. The largest absolute Gasteiger partial charge is 0.455 e. The average molecular weight is 361 g/mol. The van der Waals surface area contributed by atoms with Crippen molar-refractivity contribution in [2.24, 2.45) is 5.92 Å². The minimum absolute atomic E-state index is 0.00545. The van der Waals surface area contributed by atoms with Gasteiger partial charge in [-0.15, -0.1) is 0 Å². The van der Waals surface area contributed by atoms with E-state index in [2.05, 4.69) is 15.6 Å². The number of nitrogens with zero attached hydrogens (tertiary/aromatic N) is 1. The Bertz CT molecular complexity index is 878. The molecule has 1 aromatic heterocycles. The van der Waals surface area contributed by atoms with Gasteiger partial charge in [0.1, 0.15) is 11.6 Å². The molecule has 0 fully saturated rings. The molecule has 0 bridgehead atoms. The maximum absolute atomic E-state index is 11.8. The van der Waals surface area contributed by atoms with Crippen molar-refractivity contribution in [3.8, 4) is 11.5 Å². The molecule has 0 saturated carbocycles. The van der Waals surface area contributed by atoms with Crippen molar-refractivity contribution in [2.45, 2.75) is 20.3 Å². The van der Waals surface area contributed by atoms with Gasteiger partial charge in [-0.1, -0.05) is 44.2 Å². The third-order valence-corrected chi connectivity index (χ3v) is 3.76. The van der Waals surface area contributed by atoms with Gasteiger partial charge in [0.15, 0.2) is 5.75 Å². The molecule has 5 nitrogen and oxygen atoms in total. The van der Waals surface area contributed by atoms with Crippen LogP contribution in [0.25, 0.3) is 0 Å². The number of carbonyl (C=O) groups excluding carboxylic acids is 1. The van der Waals surface area contributed by atoms with Gasteiger partial charge < -0.3 is 15.4 Å². The first-order chi connectivity index (χ1) is 13.1. The third-order valence-electron chi connectivity index (χ3n) is 3.76. The van der Waals surface area contributed by atoms with E-state index < -0.39 is 0 Å². The SMILES string of the molecule is CC(C)CC(=O)Nc1ccc(Nc2ccccc2Oc2ccccc2)nc1. The van der Waals surface area contributed by atoms with E-state index in [-0.39, 0.29) is 5.91 Å². The highest BCUT2D eigenvalue weighted by Gasteiger charge is 2.07. The number of pyridine rings is 1. The molecule has 3 aromatic rings. The molecule has 2 N–H and O–H groups in total. The molecule has 1 amide bonds. The van der Waals surface area contributed by atoms with Crippen molar-refractivity contribution in [3.63, 3.8) is 0 Å². The second-order valence-corrected chi connectivity index (χ2v) is 6.61. The fraction of sp³-hybridized carbons (Fsp3) is 0.182. The molecule has 1 heterocycles. The molecule has 5 heteroatoms. The number of aromatic nitrogens is 1. The number of hydrogen-bond acceptors (Lipinski definition) is 4. The molecular weight excluding hydrogens is 338 g/mol. The van der Waals surface area contributed by atoms with Gasteiger partial charge in [-0.3, -0.25) is 4.79 Å². The van der Waals surface area contributed by atoms with Crippen LogP contribution in [0.1, 0.15) is 20.3 Å². The Morgan fingerprint density at radius 3 is 2.44 bits per heavy atom. The number of hydrogen-bond donors (Lipinski definition) is 2. The standard InChI is InChI=1S/C22H23N3O2/c1-16(2)14-22(26)24-17-12-13-21(23-15-17)25-19-10-6-7-11-20(19)27-18-8-4-3-5-9-18/h3-13,15-16H,14H2,1-2H3,(H,23,25)(H,24,26). The normalized spacial score (nSPS) is 10.5. The number of para-hydroxylation sites is 3. The van der Waals surface area contributed by atoms with Crippen LogP contribution in [0.5, 0.6) is 11.5 Å². The van der Waals surface area contributed by atoms with Gasteiger partial charge in [-0.05, 0) is 42.3 Å². The molecule has 0 unspecified atom stereocenters. The van der Waals surface area contributed by atoms with Crippen molar-refractivity contribution in [1.82, 2.24) is 4.98 Å². The molecule has 138 valence electrons. The second kappa shape index (κ2) is 8.85. The Labute approximate surface area is 159 Å². The van der Waals surface area contributed by atoms with Crippen LogP contribution in [-0.4, -0.2) is 10.9 Å². The molecule has 0 aliphatic rings. The summed E-state index contributed by atoms with van der Waals surface area (Å²) in [6, 6.07) is 21.0. The summed E-state index contributed by atoms with van der Waals surface area (Å²) in [5.74, 6) is 2.46. The summed E-state index contributed by atoms with van der Waals surface area (Å²) in [6.07, 6.45) is 2.13. The fourth-order valence-corrected chi connectivity index (χ4v) is 2.54. The Hall–Kier alpha value is -3.34. The predicted molar refractivity (Wildman–Crippen MR) is 109 cm³/mol. The van der Waals surface area contributed by atoms with Gasteiger partial charge in [0.25, 0.3) is 0 Å². The highest BCUT2D eigenvalue weighted by molar-refractivity contribution is 5.90. The van der Waals surface area contributed by atoms with Crippen molar-refractivity contribution in [3.05, 3.63) is 72.9 Å². The van der Waals surface area contributed by atoms with Crippen LogP contribution in [0.2, 0.25) is 0 Å². The zero-order valence-electron chi connectivity index (χ0n) is 15.5. The highest BCUT2D eigenvalue weighted by atomic mass is 16.5. The van der Waals surface area contributed by atoms with Crippen LogP contribution < -0.4 is 15.4 Å². The van der Waals surface area contributed by atoms with E-state index in [1.54, 1.807) is 6.20 Å². The number of benzene rings is 2. The van der Waals surface area contributed by atoms with Gasteiger partial charge in [0, 0.05) is 6.42 Å². The molecule has 27 heavy (non-hydrogen) atoms. The van der Waals surface area contributed by atoms with Crippen molar-refractivity contribution in [1.29, 1.82) is 0 Å². The van der Waals surface area contributed by atoms with Crippen LogP contribution in [0.4, 0.5) is 17.2 Å². The van der Waals surface area contributed by atoms with Crippen LogP contribution in [-0.2, 0) is 4.79 Å². The Morgan fingerprint density at radius 2 is 1.74 bits per heavy atom. The molecular formula is C22H23N3O2. The molecule has 3 rings (SSSR count). The summed E-state index contributed by atoms with van der Waals surface area (Å²) < 4.78 is 5.95. The molecule has 0 spiro atoms. The number of amides is 1. The highest BCUT2D eigenvalue weighted by Crippen LogP contribution is 2.31. The van der Waals surface area contributed by atoms with Gasteiger partial charge in [0.05, 0.1) is 17.6 Å². The maximum Gasteiger partial charge on any atom is 0.224 e. The lowest BCUT2D eigenvalue weighted by molar-refractivity contribution is -0.116. The number of nitrogens with one attached hydrogen (secondary N) is 2. The summed E-state index contributed by atoms with van der Waals surface area (Å²) in [5, 5.41) is 6.11. The van der Waals surface area contributed by atoms with E-state index in [0.29, 0.717) is 29.6 Å². The zero-order valence-corrected chi connectivity index (χ0v) is 15.5. The molecule has 0 aliphatic heterocycles. The van der Waals surface area contributed by atoms with E-state index in [9.17, 15) is 4.79 Å². The van der Waals surface area contributed by atoms with Crippen molar-refractivity contribution < 1.29 is 9.53 Å². The van der Waals surface area contributed by atoms with E-state index in [0.717, 1.165) is 11.4 Å². The van der Waals surface area contributed by atoms with Crippen LogP contribution >= 0.6 is 0 Å². The molecule has 0 radical (unpaired) electrons. The smallest absolute Gasteiger partial charge is 0.224 e. The first-order valence-corrected chi connectivity index (χ1v) is 8.95. The average Bonchev–Trinajstić information content (AvgIpc) is 2.65. The summed E-state index contributed by atoms with van der Waals surface area (Å²) in [4.78, 5) is 16.2. The lowest BCUT2D eigenvalue weighted by Gasteiger charge is -2.13. The minimum atomic E-state index is -0.00545. The molecule has 0 aliphatic carbocycles. The van der Waals surface area contributed by atoms with E-state index in [1.807, 2.05) is 80.6 Å². The van der Waals surface area contributed by atoms with Crippen molar-refractivity contribution >= 4 is 23.1 Å². The van der Waals surface area contributed by atoms with Crippen LogP contribution in [0, 0.1) is 5.92 Å². The van der Waals surface area contributed by atoms with Crippen molar-refractivity contribution in [2.75, 3.05) is 10.6 Å². The predicted octanol–water partition coefficient (Wildman–Crippen LogP) is 5.60. The first-order valence-electron chi connectivity index (χ1n) is 8.95. The quantitative estimate of drug-likeness (QED) is 0.575. The first kappa shape index (κ1) is 18.5. The topological polar surface area (TPSA) is 63.2 Å². The van der Waals surface area contributed by atoms with Crippen LogP contribution in [0.15, 0.2) is 72.9 Å². The summed E-state index contributed by atoms with van der Waals surface area (Å²) >= 11 is 0. The number of ether oxygens (including phenoxy) is 1. The number of anilines is 3. The zero-order chi connectivity index (χ0) is 19.1. The third kappa shape index (κ3) is 5.57. The lowest BCUT2D eigenvalue weighted by Crippen LogP contribution is -2.13. The van der Waals surface area contributed by atoms with Crippen LogP contribution in [0.3, 0.4) is 0 Å². The maximum atomic E-state index is 11.8. The Morgan fingerprint density at radius 1 is 1.00 bits per heavy atom. The Kier molecular flexibility index (Phi) is 6.05. The number of rotatable bonds is 7. The van der Waals surface area contributed by atoms with E-state index in [1.165, 1.54) is 0 Å².